The van der Waals surface area contributed by atoms with Gasteiger partial charge in [-0.05, 0) is 23.3 Å². The van der Waals surface area contributed by atoms with Gasteiger partial charge in [-0.25, -0.2) is 4.79 Å². The molecule has 13 heteroatoms. The van der Waals surface area contributed by atoms with E-state index >= 15 is 0 Å². The lowest BCUT2D eigenvalue weighted by atomic mass is 9.89. The highest BCUT2D eigenvalue weighted by Crippen LogP contribution is 2.51. The molecular formula is C24H21N3O9S. The Morgan fingerprint density at radius 1 is 1.22 bits per heavy atom. The summed E-state index contributed by atoms with van der Waals surface area (Å²) in [5.74, 6) is -3.36. The molecule has 0 saturated carbocycles. The minimum Gasteiger partial charge on any atom is -0.456 e. The molecule has 0 aliphatic carbocycles. The average Bonchev–Trinajstić information content (AvgIpc) is 3.25. The van der Waals surface area contributed by atoms with E-state index in [2.05, 4.69) is 5.32 Å². The quantitative estimate of drug-likeness (QED) is 0.230. The zero-order valence-electron chi connectivity index (χ0n) is 19.1. The summed E-state index contributed by atoms with van der Waals surface area (Å²) >= 11 is 1.29. The maximum absolute atomic E-state index is 13.3. The van der Waals surface area contributed by atoms with Gasteiger partial charge in [0, 0.05) is 23.8 Å². The zero-order valence-corrected chi connectivity index (χ0v) is 20.0. The molecule has 2 amide bonds. The van der Waals surface area contributed by atoms with Crippen LogP contribution in [-0.4, -0.2) is 61.6 Å². The van der Waals surface area contributed by atoms with Crippen LogP contribution in [0.4, 0.5) is 5.69 Å². The van der Waals surface area contributed by atoms with Crippen LogP contribution in [0.15, 0.2) is 54.6 Å². The third-order valence-corrected chi connectivity index (χ3v) is 8.00. The summed E-state index contributed by atoms with van der Waals surface area (Å²) in [6.07, 6.45) is -1.57. The van der Waals surface area contributed by atoms with Crippen LogP contribution in [-0.2, 0) is 35.3 Å². The minimum absolute atomic E-state index is 0.0835. The summed E-state index contributed by atoms with van der Waals surface area (Å²) in [7, 11) is 0. The number of esters is 2. The van der Waals surface area contributed by atoms with Crippen LogP contribution < -0.4 is 5.32 Å². The maximum Gasteiger partial charge on any atom is 0.373 e. The van der Waals surface area contributed by atoms with E-state index in [1.54, 1.807) is 30.3 Å². The molecule has 3 saturated heterocycles. The van der Waals surface area contributed by atoms with Crippen molar-refractivity contribution in [3.05, 3.63) is 75.8 Å². The molecule has 2 aromatic carbocycles. The highest BCUT2D eigenvalue weighted by atomic mass is 32.2. The molecule has 3 heterocycles. The van der Waals surface area contributed by atoms with E-state index in [0.717, 1.165) is 4.90 Å². The van der Waals surface area contributed by atoms with Crippen molar-refractivity contribution in [2.45, 2.75) is 36.3 Å². The van der Waals surface area contributed by atoms with Gasteiger partial charge in [0.25, 0.3) is 23.2 Å². The second kappa shape index (κ2) is 9.48. The Kier molecular flexibility index (Phi) is 6.33. The van der Waals surface area contributed by atoms with Crippen LogP contribution in [0.25, 0.3) is 0 Å². The number of benzene rings is 2. The summed E-state index contributed by atoms with van der Waals surface area (Å²) in [5, 5.41) is 23.0. The molecule has 2 aromatic rings. The molecule has 0 bridgehead atoms. The van der Waals surface area contributed by atoms with Crippen molar-refractivity contribution in [1.29, 1.82) is 0 Å². The van der Waals surface area contributed by atoms with E-state index in [4.69, 9.17) is 9.47 Å². The fourth-order valence-electron chi connectivity index (χ4n) is 4.68. The first-order valence-corrected chi connectivity index (χ1v) is 12.4. The van der Waals surface area contributed by atoms with Gasteiger partial charge in [0.05, 0.1) is 11.3 Å². The highest BCUT2D eigenvalue weighted by Gasteiger charge is 2.71. The van der Waals surface area contributed by atoms with E-state index in [1.807, 2.05) is 0 Å². The van der Waals surface area contributed by atoms with Gasteiger partial charge < -0.3 is 19.9 Å². The smallest absolute Gasteiger partial charge is 0.373 e. The molecule has 0 radical (unpaired) electrons. The Bertz CT molecular complexity index is 1270. The number of aliphatic hydroxyl groups excluding tert-OH is 1. The predicted molar refractivity (Wildman–Crippen MR) is 126 cm³/mol. The van der Waals surface area contributed by atoms with Gasteiger partial charge in [0.1, 0.15) is 18.0 Å². The number of carbonyl (C=O) groups excluding carboxylic acids is 4. The normalized spacial score (nSPS) is 26.7. The number of nitrogens with one attached hydrogen (secondary N) is 1. The van der Waals surface area contributed by atoms with Crippen molar-refractivity contribution in [3.63, 3.8) is 0 Å². The minimum atomic E-state index is -1.97. The van der Waals surface area contributed by atoms with Crippen LogP contribution in [0, 0.1) is 16.0 Å². The number of fused-ring (bicyclic) bond motifs is 3. The summed E-state index contributed by atoms with van der Waals surface area (Å²) < 4.78 is 10.9. The summed E-state index contributed by atoms with van der Waals surface area (Å²) in [4.78, 5) is 62.8. The largest absolute Gasteiger partial charge is 0.456 e. The number of aliphatic hydroxyl groups is 1. The van der Waals surface area contributed by atoms with Crippen LogP contribution in [0.3, 0.4) is 0 Å². The molecule has 37 heavy (non-hydrogen) atoms. The predicted octanol–water partition coefficient (Wildman–Crippen LogP) is 1.03. The van der Waals surface area contributed by atoms with Crippen molar-refractivity contribution in [1.82, 2.24) is 10.2 Å². The fraction of sp³-hybridized carbons (Fsp3) is 0.333. The molecule has 5 rings (SSSR count). The molecule has 192 valence electrons. The van der Waals surface area contributed by atoms with Crippen LogP contribution in [0.1, 0.15) is 23.7 Å². The number of nitro benzene ring substituents is 1. The second-order valence-corrected chi connectivity index (χ2v) is 9.95. The first-order valence-electron chi connectivity index (χ1n) is 11.3. The Morgan fingerprint density at radius 3 is 2.59 bits per heavy atom. The van der Waals surface area contributed by atoms with E-state index in [0.29, 0.717) is 16.9 Å². The number of nitrogens with zero attached hydrogens (tertiary/aromatic N) is 2. The van der Waals surface area contributed by atoms with Crippen molar-refractivity contribution >= 4 is 41.2 Å². The molecule has 3 aliphatic rings. The van der Waals surface area contributed by atoms with Crippen molar-refractivity contribution in [3.8, 4) is 0 Å². The SMILES string of the molecule is O=C1C[C@H]2CS[C@@H]3[C@H](NC(=O)[C@H](O)c4ccccc4)C(=O)N3[C@@]2(C(=O)OCc2ccc([N+](=O)[O-])cc2)O1. The van der Waals surface area contributed by atoms with Gasteiger partial charge in [-0.3, -0.25) is 29.4 Å². The van der Waals surface area contributed by atoms with Gasteiger partial charge in [-0.1, -0.05) is 30.3 Å². The second-order valence-electron chi connectivity index (χ2n) is 8.80. The number of ether oxygens (including phenoxy) is 2. The number of rotatable bonds is 7. The molecule has 3 fully saturated rings. The van der Waals surface area contributed by atoms with E-state index in [1.165, 1.54) is 36.0 Å². The molecule has 0 spiro atoms. The Labute approximate surface area is 214 Å². The zero-order chi connectivity index (χ0) is 26.3. The first kappa shape index (κ1) is 24.7. The highest BCUT2D eigenvalue weighted by molar-refractivity contribution is 8.00. The van der Waals surface area contributed by atoms with Crippen LogP contribution in [0.5, 0.6) is 0 Å². The third kappa shape index (κ3) is 4.19. The van der Waals surface area contributed by atoms with Gasteiger partial charge in [-0.15, -0.1) is 11.8 Å². The lowest BCUT2D eigenvalue weighted by Crippen LogP contribution is -2.80. The molecule has 12 nitrogen and oxygen atoms in total. The van der Waals surface area contributed by atoms with Crippen molar-refractivity contribution < 1.29 is 38.7 Å². The first-order chi connectivity index (χ1) is 17.7. The lowest BCUT2D eigenvalue weighted by Gasteiger charge is -2.57. The van der Waals surface area contributed by atoms with E-state index in [-0.39, 0.29) is 18.7 Å². The molecule has 0 unspecified atom stereocenters. The van der Waals surface area contributed by atoms with Crippen LogP contribution in [0.2, 0.25) is 0 Å². The Balaban J connectivity index is 1.31. The number of thioether (sulfide) groups is 1. The summed E-state index contributed by atoms with van der Waals surface area (Å²) in [6.45, 7) is -0.258. The standard InChI is InChI=1S/C24H21N3O9S/c28-17-10-15-12-37-22-18(25-20(30)19(29)14-4-2-1-3-5-14)21(31)26(22)24(15,36-17)23(32)35-11-13-6-8-16(9-7-13)27(33)34/h1-9,15,18-19,22,29H,10-12H2,(H,25,30)/t15-,18+,19+,22+,24+/m0/s1. The molecule has 3 aliphatic heterocycles. The van der Waals surface area contributed by atoms with Gasteiger partial charge in [-0.2, -0.15) is 0 Å². The Morgan fingerprint density at radius 2 is 1.92 bits per heavy atom. The average molecular weight is 528 g/mol. The van der Waals surface area contributed by atoms with Crippen LogP contribution >= 0.6 is 11.8 Å². The van der Waals surface area contributed by atoms with Gasteiger partial charge in [0.2, 0.25) is 0 Å². The fourth-order valence-corrected chi connectivity index (χ4v) is 6.24. The molecule has 5 atom stereocenters. The number of hydrogen-bond acceptors (Lipinski definition) is 10. The number of hydrogen-bond donors (Lipinski definition) is 2. The Hall–Kier alpha value is -3.97. The van der Waals surface area contributed by atoms with Gasteiger partial charge in [0.15, 0.2) is 6.10 Å². The topological polar surface area (TPSA) is 165 Å². The molecule has 2 N–H and O–H groups in total. The maximum atomic E-state index is 13.3. The number of amides is 2. The number of carbonyl (C=O) groups is 4. The van der Waals surface area contributed by atoms with E-state index in [9.17, 15) is 34.4 Å². The summed E-state index contributed by atoms with van der Waals surface area (Å²) in [5.41, 5.74) is -1.27. The number of β-lactam (4-membered cyclic amide) rings is 1. The van der Waals surface area contributed by atoms with Crippen molar-refractivity contribution in [2.75, 3.05) is 5.75 Å². The number of nitro groups is 1. The lowest BCUT2D eigenvalue weighted by molar-refractivity contribution is -0.384. The van der Waals surface area contributed by atoms with Crippen molar-refractivity contribution in [2.24, 2.45) is 5.92 Å². The third-order valence-electron chi connectivity index (χ3n) is 6.58. The van der Waals surface area contributed by atoms with E-state index < -0.39 is 57.8 Å². The number of non-ortho nitro benzene ring substituents is 1. The molecule has 0 aromatic heterocycles. The summed E-state index contributed by atoms with van der Waals surface area (Å²) in [6, 6.07) is 12.6. The molecular weight excluding hydrogens is 506 g/mol. The monoisotopic (exact) mass is 527 g/mol. The van der Waals surface area contributed by atoms with Gasteiger partial charge >= 0.3 is 11.9 Å².